The summed E-state index contributed by atoms with van der Waals surface area (Å²) < 4.78 is 5.16. The van der Waals surface area contributed by atoms with E-state index in [0.29, 0.717) is 12.5 Å². The molecule has 0 bridgehead atoms. The number of nitrogens with two attached hydrogens (primary N) is 1. The maximum Gasteiger partial charge on any atom is 0.0726 e. The summed E-state index contributed by atoms with van der Waals surface area (Å²) in [6, 6.07) is 6.12. The molecule has 3 nitrogen and oxygen atoms in total. The highest BCUT2D eigenvalue weighted by Gasteiger charge is 2.13. The number of anilines is 1. The highest BCUT2D eigenvalue weighted by Crippen LogP contribution is 2.31. The van der Waals surface area contributed by atoms with E-state index in [0.717, 1.165) is 33.4 Å². The van der Waals surface area contributed by atoms with Crippen molar-refractivity contribution in [3.8, 4) is 0 Å². The minimum absolute atomic E-state index is 0.382. The fourth-order valence-corrected chi connectivity index (χ4v) is 2.46. The van der Waals surface area contributed by atoms with Gasteiger partial charge in [0.15, 0.2) is 0 Å². The predicted molar refractivity (Wildman–Crippen MR) is 75.7 cm³/mol. The van der Waals surface area contributed by atoms with E-state index in [1.807, 2.05) is 19.1 Å². The van der Waals surface area contributed by atoms with Crippen LogP contribution >= 0.6 is 0 Å². The molecule has 3 heteroatoms. The maximum absolute atomic E-state index is 6.30. The highest BCUT2D eigenvalue weighted by atomic mass is 16.5. The van der Waals surface area contributed by atoms with E-state index in [4.69, 9.17) is 10.5 Å². The normalized spacial score (nSPS) is 11.4. The van der Waals surface area contributed by atoms with Gasteiger partial charge < -0.3 is 10.5 Å². The number of nitrogen functional groups attached to an aromatic ring is 1. The molecule has 0 fully saturated rings. The third-order valence-electron chi connectivity index (χ3n) is 3.21. The lowest BCUT2D eigenvalue weighted by molar-refractivity contribution is 0.185. The summed E-state index contributed by atoms with van der Waals surface area (Å²) in [5.74, 6) is 0.382. The zero-order valence-corrected chi connectivity index (χ0v) is 11.4. The van der Waals surface area contributed by atoms with Crippen LogP contribution in [0.25, 0.3) is 10.9 Å². The van der Waals surface area contributed by atoms with Gasteiger partial charge in [-0.05, 0) is 36.1 Å². The Balaban J connectivity index is 2.69. The molecular weight excluding hydrogens is 224 g/mol. The van der Waals surface area contributed by atoms with Crippen molar-refractivity contribution < 1.29 is 4.74 Å². The number of hydrogen-bond acceptors (Lipinski definition) is 3. The number of aromatic nitrogens is 1. The molecule has 0 amide bonds. The van der Waals surface area contributed by atoms with Gasteiger partial charge in [-0.2, -0.15) is 0 Å². The zero-order valence-electron chi connectivity index (χ0n) is 11.4. The van der Waals surface area contributed by atoms with Crippen LogP contribution in [0.4, 0.5) is 5.69 Å². The van der Waals surface area contributed by atoms with Crippen molar-refractivity contribution in [1.82, 2.24) is 4.98 Å². The molecule has 2 rings (SSSR count). The van der Waals surface area contributed by atoms with Crippen LogP contribution in [0.15, 0.2) is 18.2 Å². The van der Waals surface area contributed by atoms with Crippen molar-refractivity contribution in [2.24, 2.45) is 0 Å². The minimum Gasteiger partial charge on any atom is -0.398 e. The molecular formula is C15H20N2O. The van der Waals surface area contributed by atoms with Crippen LogP contribution in [0, 0.1) is 6.92 Å². The molecule has 0 saturated heterocycles. The van der Waals surface area contributed by atoms with Crippen LogP contribution in [0.1, 0.15) is 36.6 Å². The fourth-order valence-electron chi connectivity index (χ4n) is 2.46. The summed E-state index contributed by atoms with van der Waals surface area (Å²) in [7, 11) is 1.69. The highest BCUT2D eigenvalue weighted by molar-refractivity contribution is 5.92. The number of fused-ring (bicyclic) bond motifs is 1. The molecule has 0 aliphatic heterocycles. The number of pyridine rings is 1. The molecule has 18 heavy (non-hydrogen) atoms. The number of ether oxygens (including phenoxy) is 1. The standard InChI is InChI=1S/C15H20N2O/c1-9(2)14-10(3)17-13-6-5-11(8-18-4)7-12(13)15(14)16/h5-7,9H,8H2,1-4H3,(H2,16,17). The Kier molecular flexibility index (Phi) is 3.53. The lowest BCUT2D eigenvalue weighted by Gasteiger charge is -2.15. The molecule has 1 heterocycles. The van der Waals surface area contributed by atoms with Gasteiger partial charge in [0.05, 0.1) is 12.1 Å². The van der Waals surface area contributed by atoms with Gasteiger partial charge in [0.2, 0.25) is 0 Å². The van der Waals surface area contributed by atoms with Crippen molar-refractivity contribution >= 4 is 16.6 Å². The first kappa shape index (κ1) is 12.8. The van der Waals surface area contributed by atoms with E-state index in [1.165, 1.54) is 0 Å². The van der Waals surface area contributed by atoms with Gasteiger partial charge in [-0.25, -0.2) is 0 Å². The van der Waals surface area contributed by atoms with Gasteiger partial charge in [0.25, 0.3) is 0 Å². The lowest BCUT2D eigenvalue weighted by atomic mass is 9.96. The predicted octanol–water partition coefficient (Wildman–Crippen LogP) is 3.40. The summed E-state index contributed by atoms with van der Waals surface area (Å²) in [6.45, 7) is 6.91. The van der Waals surface area contributed by atoms with E-state index in [1.54, 1.807) is 7.11 Å². The molecule has 0 radical (unpaired) electrons. The third kappa shape index (κ3) is 2.18. The number of rotatable bonds is 3. The number of nitrogens with zero attached hydrogens (tertiary/aromatic N) is 1. The molecule has 2 aromatic rings. The molecule has 2 N–H and O–H groups in total. The second-order valence-electron chi connectivity index (χ2n) is 4.96. The van der Waals surface area contributed by atoms with Crippen LogP contribution in [-0.2, 0) is 11.3 Å². The summed E-state index contributed by atoms with van der Waals surface area (Å²) in [5, 5.41) is 1.03. The Labute approximate surface area is 108 Å². The average Bonchev–Trinajstić information content (AvgIpc) is 2.30. The van der Waals surface area contributed by atoms with Gasteiger partial charge >= 0.3 is 0 Å². The first-order chi connectivity index (χ1) is 8.54. The molecule has 1 aromatic heterocycles. The average molecular weight is 244 g/mol. The van der Waals surface area contributed by atoms with E-state index in [2.05, 4.69) is 24.9 Å². The lowest BCUT2D eigenvalue weighted by Crippen LogP contribution is -2.03. The zero-order chi connectivity index (χ0) is 13.3. The van der Waals surface area contributed by atoms with Gasteiger partial charge in [0.1, 0.15) is 0 Å². The van der Waals surface area contributed by atoms with Gasteiger partial charge in [-0.15, -0.1) is 0 Å². The van der Waals surface area contributed by atoms with Gasteiger partial charge in [-0.3, -0.25) is 4.98 Å². The topological polar surface area (TPSA) is 48.1 Å². The molecule has 0 spiro atoms. The smallest absolute Gasteiger partial charge is 0.0726 e. The van der Waals surface area contributed by atoms with E-state index < -0.39 is 0 Å². The Hall–Kier alpha value is -1.61. The molecule has 0 atom stereocenters. The number of benzene rings is 1. The number of methoxy groups -OCH3 is 1. The maximum atomic E-state index is 6.30. The third-order valence-corrected chi connectivity index (χ3v) is 3.21. The van der Waals surface area contributed by atoms with Crippen molar-refractivity contribution in [3.63, 3.8) is 0 Å². The van der Waals surface area contributed by atoms with Crippen LogP contribution in [0.2, 0.25) is 0 Å². The largest absolute Gasteiger partial charge is 0.398 e. The second-order valence-corrected chi connectivity index (χ2v) is 4.96. The summed E-state index contributed by atoms with van der Waals surface area (Å²) in [4.78, 5) is 4.64. The van der Waals surface area contributed by atoms with E-state index in [9.17, 15) is 0 Å². The minimum atomic E-state index is 0.382. The molecule has 0 unspecified atom stereocenters. The molecule has 0 aliphatic rings. The first-order valence-corrected chi connectivity index (χ1v) is 6.22. The summed E-state index contributed by atoms with van der Waals surface area (Å²) in [5.41, 5.74) is 11.4. The Morgan fingerprint density at radius 3 is 2.67 bits per heavy atom. The van der Waals surface area contributed by atoms with Crippen molar-refractivity contribution in [3.05, 3.63) is 35.0 Å². The Bertz CT molecular complexity index is 576. The Morgan fingerprint density at radius 2 is 2.06 bits per heavy atom. The van der Waals surface area contributed by atoms with Crippen molar-refractivity contribution in [2.45, 2.75) is 33.3 Å². The number of hydrogen-bond donors (Lipinski definition) is 1. The van der Waals surface area contributed by atoms with Gasteiger partial charge in [0, 0.05) is 23.9 Å². The monoisotopic (exact) mass is 244 g/mol. The SMILES string of the molecule is COCc1ccc2nc(C)c(C(C)C)c(N)c2c1. The van der Waals surface area contributed by atoms with Gasteiger partial charge in [-0.1, -0.05) is 19.9 Å². The van der Waals surface area contributed by atoms with Crippen molar-refractivity contribution in [2.75, 3.05) is 12.8 Å². The van der Waals surface area contributed by atoms with Crippen LogP contribution in [0.3, 0.4) is 0 Å². The fraction of sp³-hybridized carbons (Fsp3) is 0.400. The van der Waals surface area contributed by atoms with E-state index >= 15 is 0 Å². The van der Waals surface area contributed by atoms with Crippen molar-refractivity contribution in [1.29, 1.82) is 0 Å². The first-order valence-electron chi connectivity index (χ1n) is 6.22. The quantitative estimate of drug-likeness (QED) is 0.900. The van der Waals surface area contributed by atoms with Crippen LogP contribution < -0.4 is 5.73 Å². The molecule has 1 aromatic carbocycles. The molecule has 0 aliphatic carbocycles. The van der Waals surface area contributed by atoms with Crippen LogP contribution in [0.5, 0.6) is 0 Å². The Morgan fingerprint density at radius 1 is 1.33 bits per heavy atom. The summed E-state index contributed by atoms with van der Waals surface area (Å²) in [6.07, 6.45) is 0. The second kappa shape index (κ2) is 4.94. The van der Waals surface area contributed by atoms with Crippen LogP contribution in [-0.4, -0.2) is 12.1 Å². The summed E-state index contributed by atoms with van der Waals surface area (Å²) >= 11 is 0. The molecule has 96 valence electrons. The number of aryl methyl sites for hydroxylation is 1. The van der Waals surface area contributed by atoms with E-state index in [-0.39, 0.29) is 0 Å². The molecule has 0 saturated carbocycles.